The Morgan fingerprint density at radius 1 is 1.26 bits per heavy atom. The van der Waals surface area contributed by atoms with Crippen molar-refractivity contribution in [3.63, 3.8) is 0 Å². The van der Waals surface area contributed by atoms with Gasteiger partial charge in [-0.2, -0.15) is 0 Å². The third-order valence-corrected chi connectivity index (χ3v) is 4.25. The van der Waals surface area contributed by atoms with Gasteiger partial charge in [-0.15, -0.1) is 11.3 Å². The van der Waals surface area contributed by atoms with Crippen LogP contribution in [0.15, 0.2) is 41.8 Å². The predicted octanol–water partition coefficient (Wildman–Crippen LogP) is 3.06. The molecule has 2 nitrogen and oxygen atoms in total. The highest BCUT2D eigenvalue weighted by molar-refractivity contribution is 7.09. The summed E-state index contributed by atoms with van der Waals surface area (Å²) in [6.07, 6.45) is 0.971. The van der Waals surface area contributed by atoms with Crippen molar-refractivity contribution in [1.29, 1.82) is 0 Å². The van der Waals surface area contributed by atoms with Gasteiger partial charge in [0.05, 0.1) is 0 Å². The molecule has 0 aliphatic carbocycles. The second kappa shape index (κ2) is 6.80. The molecule has 1 heterocycles. The third-order valence-electron chi connectivity index (χ3n) is 3.31. The summed E-state index contributed by atoms with van der Waals surface area (Å²) in [5.41, 5.74) is 6.50. The minimum absolute atomic E-state index is 0.0684. The zero-order valence-electron chi connectivity index (χ0n) is 11.1. The Morgan fingerprint density at radius 3 is 2.68 bits per heavy atom. The van der Waals surface area contributed by atoms with Gasteiger partial charge in [-0.1, -0.05) is 24.3 Å². The van der Waals surface area contributed by atoms with Crippen LogP contribution < -0.4 is 5.73 Å². The molecule has 0 radical (unpaired) electrons. The molecule has 0 aliphatic heterocycles. The Bertz CT molecular complexity index is 499. The highest BCUT2D eigenvalue weighted by Gasteiger charge is 2.18. The summed E-state index contributed by atoms with van der Waals surface area (Å²) in [6.45, 7) is 1.29. The Hall–Kier alpha value is -1.23. The second-order valence-corrected chi connectivity index (χ2v) is 5.62. The lowest BCUT2D eigenvalue weighted by molar-refractivity contribution is 0.248. The Kier molecular flexibility index (Phi) is 5.07. The second-order valence-electron chi connectivity index (χ2n) is 4.58. The number of nitrogens with zero attached hydrogens (tertiary/aromatic N) is 1. The van der Waals surface area contributed by atoms with E-state index >= 15 is 0 Å². The van der Waals surface area contributed by atoms with Crippen LogP contribution in [0.4, 0.5) is 4.39 Å². The lowest BCUT2D eigenvalue weighted by Gasteiger charge is -2.27. The summed E-state index contributed by atoms with van der Waals surface area (Å²) in [5.74, 6) is -0.180. The Morgan fingerprint density at radius 2 is 2.05 bits per heavy atom. The number of hydrogen-bond acceptors (Lipinski definition) is 3. The standard InChI is InChI=1S/C15H19FN2S/c1-18(9-8-12-5-4-10-19-12)15(11-17)13-6-2-3-7-14(13)16/h2-7,10,15H,8-9,11,17H2,1H3. The summed E-state index contributed by atoms with van der Waals surface area (Å²) >= 11 is 1.75. The Balaban J connectivity index is 2.03. The van der Waals surface area contributed by atoms with Gasteiger partial charge in [-0.3, -0.25) is 4.90 Å². The van der Waals surface area contributed by atoms with E-state index in [0.29, 0.717) is 12.1 Å². The summed E-state index contributed by atoms with van der Waals surface area (Å²) in [7, 11) is 2.00. The fourth-order valence-electron chi connectivity index (χ4n) is 2.19. The summed E-state index contributed by atoms with van der Waals surface area (Å²) < 4.78 is 13.8. The normalized spacial score (nSPS) is 12.8. The van der Waals surface area contributed by atoms with Crippen LogP contribution in [0, 0.1) is 5.82 Å². The molecule has 0 saturated heterocycles. The largest absolute Gasteiger partial charge is 0.329 e. The topological polar surface area (TPSA) is 29.3 Å². The van der Waals surface area contributed by atoms with Crippen LogP contribution in [-0.4, -0.2) is 25.0 Å². The molecule has 102 valence electrons. The fourth-order valence-corrected chi connectivity index (χ4v) is 2.89. The van der Waals surface area contributed by atoms with Crippen LogP contribution in [0.1, 0.15) is 16.5 Å². The maximum Gasteiger partial charge on any atom is 0.128 e. The zero-order valence-corrected chi connectivity index (χ0v) is 11.9. The average Bonchev–Trinajstić information content (AvgIpc) is 2.92. The van der Waals surface area contributed by atoms with Crippen molar-refractivity contribution >= 4 is 11.3 Å². The lowest BCUT2D eigenvalue weighted by Crippen LogP contribution is -2.32. The van der Waals surface area contributed by atoms with E-state index in [1.54, 1.807) is 17.4 Å². The molecule has 1 atom stereocenters. The van der Waals surface area contributed by atoms with Crippen LogP contribution >= 0.6 is 11.3 Å². The Labute approximate surface area is 117 Å². The van der Waals surface area contributed by atoms with Crippen molar-refractivity contribution in [2.45, 2.75) is 12.5 Å². The molecule has 0 aliphatic rings. The number of thiophene rings is 1. The van der Waals surface area contributed by atoms with Crippen molar-refractivity contribution in [1.82, 2.24) is 4.90 Å². The van der Waals surface area contributed by atoms with E-state index in [0.717, 1.165) is 13.0 Å². The number of nitrogens with two attached hydrogens (primary N) is 1. The van der Waals surface area contributed by atoms with E-state index in [1.807, 2.05) is 19.2 Å². The van der Waals surface area contributed by atoms with Gasteiger partial charge in [-0.05, 0) is 31.0 Å². The molecule has 1 unspecified atom stereocenters. The van der Waals surface area contributed by atoms with Gasteiger partial charge < -0.3 is 5.73 Å². The van der Waals surface area contributed by atoms with Crippen molar-refractivity contribution in [2.75, 3.05) is 20.1 Å². The predicted molar refractivity (Wildman–Crippen MR) is 78.8 cm³/mol. The summed E-state index contributed by atoms with van der Waals surface area (Å²) in [4.78, 5) is 3.47. The number of likely N-dealkylation sites (N-methyl/N-ethyl adjacent to an activating group) is 1. The van der Waals surface area contributed by atoms with Crippen molar-refractivity contribution in [2.24, 2.45) is 5.73 Å². The number of halogens is 1. The molecule has 19 heavy (non-hydrogen) atoms. The van der Waals surface area contributed by atoms with E-state index in [2.05, 4.69) is 22.4 Å². The van der Waals surface area contributed by atoms with E-state index in [4.69, 9.17) is 5.73 Å². The molecule has 0 amide bonds. The first-order valence-corrected chi connectivity index (χ1v) is 7.27. The molecule has 1 aromatic heterocycles. The first-order valence-electron chi connectivity index (χ1n) is 6.39. The maximum atomic E-state index is 13.8. The fraction of sp³-hybridized carbons (Fsp3) is 0.333. The van der Waals surface area contributed by atoms with Crippen molar-refractivity contribution in [3.8, 4) is 0 Å². The van der Waals surface area contributed by atoms with Crippen LogP contribution in [0.5, 0.6) is 0 Å². The zero-order chi connectivity index (χ0) is 13.7. The van der Waals surface area contributed by atoms with Crippen LogP contribution in [-0.2, 0) is 6.42 Å². The molecule has 0 spiro atoms. The SMILES string of the molecule is CN(CCc1cccs1)C(CN)c1ccccc1F. The molecule has 0 saturated carbocycles. The number of benzene rings is 1. The summed E-state index contributed by atoms with van der Waals surface area (Å²) in [6, 6.07) is 11.0. The smallest absolute Gasteiger partial charge is 0.128 e. The molecule has 2 N–H and O–H groups in total. The van der Waals surface area contributed by atoms with Gasteiger partial charge in [-0.25, -0.2) is 4.39 Å². The van der Waals surface area contributed by atoms with Crippen LogP contribution in [0.3, 0.4) is 0 Å². The minimum Gasteiger partial charge on any atom is -0.329 e. The quantitative estimate of drug-likeness (QED) is 0.880. The average molecular weight is 278 g/mol. The van der Waals surface area contributed by atoms with Gasteiger partial charge in [0.25, 0.3) is 0 Å². The summed E-state index contributed by atoms with van der Waals surface area (Å²) in [5, 5.41) is 2.08. The first-order chi connectivity index (χ1) is 9.22. The van der Waals surface area contributed by atoms with Crippen molar-refractivity contribution in [3.05, 3.63) is 58.0 Å². The molecule has 4 heteroatoms. The number of rotatable bonds is 6. The van der Waals surface area contributed by atoms with E-state index in [1.165, 1.54) is 10.9 Å². The first kappa shape index (κ1) is 14.2. The molecule has 2 aromatic rings. The van der Waals surface area contributed by atoms with Gasteiger partial charge in [0.1, 0.15) is 5.82 Å². The van der Waals surface area contributed by atoms with Crippen LogP contribution in [0.25, 0.3) is 0 Å². The molecular formula is C15H19FN2S. The highest BCUT2D eigenvalue weighted by atomic mass is 32.1. The molecular weight excluding hydrogens is 259 g/mol. The minimum atomic E-state index is -0.180. The monoisotopic (exact) mass is 278 g/mol. The van der Waals surface area contributed by atoms with Gasteiger partial charge in [0, 0.05) is 29.6 Å². The van der Waals surface area contributed by atoms with E-state index in [-0.39, 0.29) is 11.9 Å². The van der Waals surface area contributed by atoms with Gasteiger partial charge in [0.2, 0.25) is 0 Å². The molecule has 2 rings (SSSR count). The maximum absolute atomic E-state index is 13.8. The highest BCUT2D eigenvalue weighted by Crippen LogP contribution is 2.21. The van der Waals surface area contributed by atoms with Gasteiger partial charge >= 0.3 is 0 Å². The lowest BCUT2D eigenvalue weighted by atomic mass is 10.0. The molecule has 0 bridgehead atoms. The van der Waals surface area contributed by atoms with Crippen LogP contribution in [0.2, 0.25) is 0 Å². The molecule has 0 fully saturated rings. The molecule has 1 aromatic carbocycles. The van der Waals surface area contributed by atoms with Gasteiger partial charge in [0.15, 0.2) is 0 Å². The van der Waals surface area contributed by atoms with E-state index < -0.39 is 0 Å². The third kappa shape index (κ3) is 3.62. The van der Waals surface area contributed by atoms with Crippen molar-refractivity contribution < 1.29 is 4.39 Å². The number of hydrogen-bond donors (Lipinski definition) is 1. The van der Waals surface area contributed by atoms with E-state index in [9.17, 15) is 4.39 Å².